The first-order valence-corrected chi connectivity index (χ1v) is 10.5. The number of methoxy groups -OCH3 is 1. The van der Waals surface area contributed by atoms with Gasteiger partial charge in [0.1, 0.15) is 5.75 Å². The Kier molecular flexibility index (Phi) is 6.80. The maximum Gasteiger partial charge on any atom is 0.234 e. The number of nitrogens with zero attached hydrogens (tertiary/aromatic N) is 1. The third-order valence-corrected chi connectivity index (χ3v) is 6.03. The molecule has 0 aliphatic carbocycles. The molecule has 3 rings (SSSR count). The van der Waals surface area contributed by atoms with Crippen molar-refractivity contribution in [3.63, 3.8) is 0 Å². The fourth-order valence-electron chi connectivity index (χ4n) is 3.21. The van der Waals surface area contributed by atoms with E-state index in [-0.39, 0.29) is 29.9 Å². The quantitative estimate of drug-likeness (QED) is 0.735. The van der Waals surface area contributed by atoms with Gasteiger partial charge in [0, 0.05) is 18.0 Å². The van der Waals surface area contributed by atoms with E-state index in [1.54, 1.807) is 19.2 Å². The highest BCUT2D eigenvalue weighted by molar-refractivity contribution is 8.03. The SMILES string of the molecule is COc1ccc([C@@H]2CC(=O)NC(SCC(=O)Nc3ccc(C)c(C)c3)=C2C#N)cc1. The lowest BCUT2D eigenvalue weighted by molar-refractivity contribution is -0.121. The van der Waals surface area contributed by atoms with Crippen molar-refractivity contribution in [3.05, 3.63) is 69.8 Å². The van der Waals surface area contributed by atoms with Crippen LogP contribution in [0.5, 0.6) is 5.75 Å². The van der Waals surface area contributed by atoms with E-state index in [2.05, 4.69) is 16.7 Å². The molecule has 7 heteroatoms. The molecule has 1 heterocycles. The largest absolute Gasteiger partial charge is 0.497 e. The van der Waals surface area contributed by atoms with E-state index in [4.69, 9.17) is 4.74 Å². The van der Waals surface area contributed by atoms with E-state index in [0.717, 1.165) is 34.1 Å². The molecule has 0 aromatic heterocycles. The zero-order valence-electron chi connectivity index (χ0n) is 17.1. The van der Waals surface area contributed by atoms with Crippen LogP contribution in [0.25, 0.3) is 0 Å². The number of hydrogen-bond acceptors (Lipinski definition) is 5. The summed E-state index contributed by atoms with van der Waals surface area (Å²) in [5.74, 6) is 0.0723. The third kappa shape index (κ3) is 5.02. The topological polar surface area (TPSA) is 91.2 Å². The smallest absolute Gasteiger partial charge is 0.234 e. The fraction of sp³-hybridized carbons (Fsp3) is 0.261. The molecule has 2 amide bonds. The van der Waals surface area contributed by atoms with Gasteiger partial charge < -0.3 is 15.4 Å². The number of allylic oxidation sites excluding steroid dienone is 1. The summed E-state index contributed by atoms with van der Waals surface area (Å²) in [6.45, 7) is 4.00. The molecule has 1 aliphatic heterocycles. The molecule has 0 saturated carbocycles. The van der Waals surface area contributed by atoms with Crippen LogP contribution in [-0.2, 0) is 9.59 Å². The Morgan fingerprint density at radius 2 is 1.97 bits per heavy atom. The third-order valence-electron chi connectivity index (χ3n) is 5.01. The van der Waals surface area contributed by atoms with Crippen LogP contribution in [0.1, 0.15) is 29.0 Å². The molecule has 30 heavy (non-hydrogen) atoms. The molecule has 154 valence electrons. The molecule has 0 saturated heterocycles. The van der Waals surface area contributed by atoms with Gasteiger partial charge in [0.25, 0.3) is 0 Å². The first-order chi connectivity index (χ1) is 14.4. The lowest BCUT2D eigenvalue weighted by Crippen LogP contribution is -2.31. The van der Waals surface area contributed by atoms with E-state index in [9.17, 15) is 14.9 Å². The normalized spacial score (nSPS) is 15.9. The van der Waals surface area contributed by atoms with Crippen molar-refractivity contribution in [3.8, 4) is 11.8 Å². The molecular formula is C23H23N3O3S. The zero-order chi connectivity index (χ0) is 21.7. The van der Waals surface area contributed by atoms with Gasteiger partial charge >= 0.3 is 0 Å². The minimum atomic E-state index is -0.347. The Balaban J connectivity index is 1.74. The van der Waals surface area contributed by atoms with Crippen LogP contribution in [-0.4, -0.2) is 24.7 Å². The van der Waals surface area contributed by atoms with Crippen molar-refractivity contribution in [1.29, 1.82) is 5.26 Å². The number of benzene rings is 2. The second-order valence-electron chi connectivity index (χ2n) is 7.07. The number of carbonyl (C=O) groups is 2. The van der Waals surface area contributed by atoms with Gasteiger partial charge in [-0.3, -0.25) is 9.59 Å². The predicted molar refractivity (Wildman–Crippen MR) is 118 cm³/mol. The number of amides is 2. The van der Waals surface area contributed by atoms with Gasteiger partial charge in [-0.1, -0.05) is 30.0 Å². The highest BCUT2D eigenvalue weighted by atomic mass is 32.2. The lowest BCUT2D eigenvalue weighted by Gasteiger charge is -2.25. The molecular weight excluding hydrogens is 398 g/mol. The Morgan fingerprint density at radius 1 is 1.23 bits per heavy atom. The van der Waals surface area contributed by atoms with Crippen molar-refractivity contribution >= 4 is 29.3 Å². The second kappa shape index (κ2) is 9.51. The first kappa shape index (κ1) is 21.5. The molecule has 0 spiro atoms. The van der Waals surface area contributed by atoms with Crippen LogP contribution in [0.4, 0.5) is 5.69 Å². The number of aryl methyl sites for hydroxylation is 2. The summed E-state index contributed by atoms with van der Waals surface area (Å²) in [6.07, 6.45) is 0.189. The average Bonchev–Trinajstić information content (AvgIpc) is 2.74. The van der Waals surface area contributed by atoms with Crippen molar-refractivity contribution < 1.29 is 14.3 Å². The Bertz CT molecular complexity index is 1040. The van der Waals surface area contributed by atoms with Crippen LogP contribution >= 0.6 is 11.8 Å². The van der Waals surface area contributed by atoms with Crippen molar-refractivity contribution in [1.82, 2.24) is 5.32 Å². The van der Waals surface area contributed by atoms with Crippen LogP contribution < -0.4 is 15.4 Å². The summed E-state index contributed by atoms with van der Waals surface area (Å²) >= 11 is 1.16. The Labute approximate surface area is 180 Å². The van der Waals surface area contributed by atoms with Gasteiger partial charge in [-0.25, -0.2) is 0 Å². The van der Waals surface area contributed by atoms with Crippen molar-refractivity contribution in [2.75, 3.05) is 18.2 Å². The highest BCUT2D eigenvalue weighted by Crippen LogP contribution is 2.36. The van der Waals surface area contributed by atoms with E-state index >= 15 is 0 Å². The number of rotatable bonds is 6. The predicted octanol–water partition coefficient (Wildman–Crippen LogP) is 4.02. The molecule has 1 atom stereocenters. The number of anilines is 1. The average molecular weight is 422 g/mol. The van der Waals surface area contributed by atoms with E-state index in [1.165, 1.54) is 0 Å². The molecule has 1 aliphatic rings. The second-order valence-corrected chi connectivity index (χ2v) is 8.05. The maximum absolute atomic E-state index is 12.4. The molecule has 2 N–H and O–H groups in total. The van der Waals surface area contributed by atoms with E-state index < -0.39 is 0 Å². The molecule has 0 bridgehead atoms. The van der Waals surface area contributed by atoms with E-state index in [1.807, 2.05) is 44.2 Å². The lowest BCUT2D eigenvalue weighted by atomic mass is 9.87. The van der Waals surface area contributed by atoms with Gasteiger partial charge in [0.15, 0.2) is 0 Å². The van der Waals surface area contributed by atoms with Crippen LogP contribution in [0.3, 0.4) is 0 Å². The highest BCUT2D eigenvalue weighted by Gasteiger charge is 2.29. The van der Waals surface area contributed by atoms with E-state index in [0.29, 0.717) is 16.4 Å². The maximum atomic E-state index is 12.4. The van der Waals surface area contributed by atoms with Crippen molar-refractivity contribution in [2.24, 2.45) is 0 Å². The molecule has 2 aromatic carbocycles. The Morgan fingerprint density at radius 3 is 2.60 bits per heavy atom. The molecule has 2 aromatic rings. The van der Waals surface area contributed by atoms with Gasteiger partial charge in [-0.05, 0) is 54.8 Å². The standard InChI is InChI=1S/C23H23N3O3S/c1-14-4-7-17(10-15(14)2)25-22(28)13-30-23-20(12-24)19(11-21(27)26-23)16-5-8-18(29-3)9-6-16/h4-10,19H,11,13H2,1-3H3,(H,25,28)(H,26,27)/t19-/m0/s1. The minimum Gasteiger partial charge on any atom is -0.497 e. The van der Waals surface area contributed by atoms with Gasteiger partial charge in [-0.15, -0.1) is 0 Å². The fourth-order valence-corrected chi connectivity index (χ4v) is 4.08. The Hall–Kier alpha value is -3.24. The van der Waals surface area contributed by atoms with Crippen LogP contribution in [0.15, 0.2) is 53.1 Å². The monoisotopic (exact) mass is 421 g/mol. The summed E-state index contributed by atoms with van der Waals surface area (Å²) in [7, 11) is 1.58. The van der Waals surface area contributed by atoms with Crippen LogP contribution in [0, 0.1) is 25.2 Å². The summed E-state index contributed by atoms with van der Waals surface area (Å²) in [4.78, 5) is 24.6. The molecule has 0 radical (unpaired) electrons. The van der Waals surface area contributed by atoms with Gasteiger partial charge in [-0.2, -0.15) is 5.26 Å². The van der Waals surface area contributed by atoms with Crippen LogP contribution in [0.2, 0.25) is 0 Å². The number of nitriles is 1. The number of hydrogen-bond donors (Lipinski definition) is 2. The number of thioether (sulfide) groups is 1. The van der Waals surface area contributed by atoms with Gasteiger partial charge in [0.2, 0.25) is 11.8 Å². The zero-order valence-corrected chi connectivity index (χ0v) is 17.9. The van der Waals surface area contributed by atoms with Crippen molar-refractivity contribution in [2.45, 2.75) is 26.2 Å². The summed E-state index contributed by atoms with van der Waals surface area (Å²) in [5.41, 5.74) is 4.29. The first-order valence-electron chi connectivity index (χ1n) is 9.49. The summed E-state index contributed by atoms with van der Waals surface area (Å²) in [5, 5.41) is 15.8. The summed E-state index contributed by atoms with van der Waals surface area (Å²) < 4.78 is 5.17. The number of nitrogens with one attached hydrogen (secondary N) is 2. The summed E-state index contributed by atoms with van der Waals surface area (Å²) in [6, 6.07) is 15.3. The minimum absolute atomic E-state index is 0.0864. The molecule has 0 fully saturated rings. The molecule has 6 nitrogen and oxygen atoms in total. The number of carbonyl (C=O) groups excluding carboxylic acids is 2. The number of ether oxygens (including phenoxy) is 1. The molecule has 0 unspecified atom stereocenters. The van der Waals surface area contributed by atoms with Gasteiger partial charge in [0.05, 0.1) is 29.5 Å².